The Labute approximate surface area is 205 Å². The monoisotopic (exact) mass is 474 g/mol. The molecule has 5 nitrogen and oxygen atoms in total. The number of fused-ring (bicyclic) bond motifs is 5. The Morgan fingerprint density at radius 2 is 1.85 bits per heavy atom. The normalized spacial score (nSPS) is 47.3. The van der Waals surface area contributed by atoms with Crippen LogP contribution in [0.1, 0.15) is 104 Å². The first-order chi connectivity index (χ1) is 16.2. The third kappa shape index (κ3) is 4.27. The van der Waals surface area contributed by atoms with Gasteiger partial charge in [-0.25, -0.2) is 0 Å². The van der Waals surface area contributed by atoms with Crippen LogP contribution in [-0.4, -0.2) is 35.9 Å². The van der Waals surface area contributed by atoms with E-state index in [2.05, 4.69) is 20.8 Å². The second-order valence-electron chi connectivity index (χ2n) is 13.1. The molecule has 1 N–H and O–H groups in total. The summed E-state index contributed by atoms with van der Waals surface area (Å²) >= 11 is 0. The summed E-state index contributed by atoms with van der Waals surface area (Å²) in [5, 5.41) is 10.3. The smallest absolute Gasteiger partial charge is 0.308 e. The Morgan fingerprint density at radius 1 is 1.09 bits per heavy atom. The maximum Gasteiger partial charge on any atom is 0.308 e. The summed E-state index contributed by atoms with van der Waals surface area (Å²) in [5.74, 6) is 2.94. The van der Waals surface area contributed by atoms with Crippen LogP contribution < -0.4 is 0 Å². The fourth-order valence-corrected chi connectivity index (χ4v) is 9.44. The van der Waals surface area contributed by atoms with E-state index in [0.29, 0.717) is 54.8 Å². The lowest BCUT2D eigenvalue weighted by molar-refractivity contribution is -0.187. The minimum absolute atomic E-state index is 0.122. The molecule has 1 saturated heterocycles. The highest BCUT2D eigenvalue weighted by Gasteiger charge is 2.63. The molecule has 5 rings (SSSR count). The van der Waals surface area contributed by atoms with E-state index in [1.54, 1.807) is 0 Å². The molecular weight excluding hydrogens is 428 g/mol. The SMILES string of the molecule is C[C@H](CCC(=O)OC1CCCCO1)[C@H]1CC[C@H]2[C@@H]3C(=O)C[C@@H]4C[C@H](O)CC[C@]4(C)[C@H]3CC[C@]12C. The van der Waals surface area contributed by atoms with Crippen LogP contribution in [0.2, 0.25) is 0 Å². The van der Waals surface area contributed by atoms with Crippen LogP contribution in [0.5, 0.6) is 0 Å². The first-order valence-corrected chi connectivity index (χ1v) is 14.2. The van der Waals surface area contributed by atoms with Crippen LogP contribution in [0.3, 0.4) is 0 Å². The zero-order valence-corrected chi connectivity index (χ0v) is 21.6. The molecule has 0 aromatic carbocycles. The molecule has 34 heavy (non-hydrogen) atoms. The van der Waals surface area contributed by atoms with Gasteiger partial charge in [0.2, 0.25) is 6.29 Å². The van der Waals surface area contributed by atoms with Gasteiger partial charge in [0.25, 0.3) is 0 Å². The molecule has 5 aliphatic rings. The first kappa shape index (κ1) is 24.7. The summed E-state index contributed by atoms with van der Waals surface area (Å²) in [6.45, 7) is 7.91. The lowest BCUT2D eigenvalue weighted by atomic mass is 9.44. The third-order valence-corrected chi connectivity index (χ3v) is 11.4. The van der Waals surface area contributed by atoms with Gasteiger partial charge in [-0.2, -0.15) is 0 Å². The summed E-state index contributed by atoms with van der Waals surface area (Å²) < 4.78 is 11.1. The Balaban J connectivity index is 1.23. The second-order valence-corrected chi connectivity index (χ2v) is 13.1. The van der Waals surface area contributed by atoms with Gasteiger partial charge in [-0.1, -0.05) is 20.8 Å². The number of ketones is 1. The van der Waals surface area contributed by atoms with E-state index < -0.39 is 0 Å². The van der Waals surface area contributed by atoms with Gasteiger partial charge in [0.1, 0.15) is 5.78 Å². The van der Waals surface area contributed by atoms with Crippen LogP contribution >= 0.6 is 0 Å². The highest BCUT2D eigenvalue weighted by Crippen LogP contribution is 2.67. The molecule has 5 heteroatoms. The Bertz CT molecular complexity index is 774. The van der Waals surface area contributed by atoms with E-state index in [9.17, 15) is 14.7 Å². The lowest BCUT2D eigenvalue weighted by Gasteiger charge is -2.60. The number of hydrogen-bond donors (Lipinski definition) is 1. The quantitative estimate of drug-likeness (QED) is 0.520. The molecule has 0 spiro atoms. The Morgan fingerprint density at radius 3 is 2.62 bits per heavy atom. The van der Waals surface area contributed by atoms with Crippen molar-refractivity contribution in [3.05, 3.63) is 0 Å². The molecule has 5 fully saturated rings. The van der Waals surface area contributed by atoms with Crippen LogP contribution in [0.15, 0.2) is 0 Å². The van der Waals surface area contributed by atoms with E-state index >= 15 is 0 Å². The Hall–Kier alpha value is -0.940. The molecule has 4 saturated carbocycles. The number of rotatable bonds is 5. The van der Waals surface area contributed by atoms with Crippen LogP contribution in [0.4, 0.5) is 0 Å². The van der Waals surface area contributed by atoms with Crippen molar-refractivity contribution in [2.24, 2.45) is 46.3 Å². The van der Waals surface area contributed by atoms with Crippen LogP contribution in [0, 0.1) is 46.3 Å². The van der Waals surface area contributed by atoms with E-state index in [1.165, 1.54) is 12.8 Å². The average molecular weight is 475 g/mol. The van der Waals surface area contributed by atoms with Crippen molar-refractivity contribution >= 4 is 11.8 Å². The molecule has 1 heterocycles. The largest absolute Gasteiger partial charge is 0.436 e. The number of carbonyl (C=O) groups is 2. The number of aliphatic hydroxyl groups is 1. The zero-order valence-electron chi connectivity index (χ0n) is 21.6. The van der Waals surface area contributed by atoms with Gasteiger partial charge in [0.05, 0.1) is 12.7 Å². The molecule has 0 radical (unpaired) electrons. The zero-order chi connectivity index (χ0) is 24.1. The van der Waals surface area contributed by atoms with Gasteiger partial charge in [0.15, 0.2) is 0 Å². The molecule has 0 aromatic rings. The summed E-state index contributed by atoms with van der Waals surface area (Å²) in [4.78, 5) is 26.0. The van der Waals surface area contributed by atoms with E-state index in [4.69, 9.17) is 9.47 Å². The maximum atomic E-state index is 13.5. The lowest BCUT2D eigenvalue weighted by Crippen LogP contribution is -2.57. The number of hydrogen-bond acceptors (Lipinski definition) is 5. The van der Waals surface area contributed by atoms with Crippen molar-refractivity contribution in [2.45, 2.75) is 117 Å². The molecule has 1 aliphatic heterocycles. The number of carbonyl (C=O) groups excluding carboxylic acids is 2. The predicted octanol–water partition coefficient (Wildman–Crippen LogP) is 5.67. The molecule has 1 unspecified atom stereocenters. The van der Waals surface area contributed by atoms with Crippen molar-refractivity contribution in [1.82, 2.24) is 0 Å². The minimum atomic E-state index is -0.344. The average Bonchev–Trinajstić information content (AvgIpc) is 3.16. The molecule has 10 atom stereocenters. The molecule has 4 aliphatic carbocycles. The van der Waals surface area contributed by atoms with Gasteiger partial charge in [-0.15, -0.1) is 0 Å². The molecule has 0 aromatic heterocycles. The van der Waals surface area contributed by atoms with Crippen molar-refractivity contribution in [1.29, 1.82) is 0 Å². The van der Waals surface area contributed by atoms with Gasteiger partial charge >= 0.3 is 5.97 Å². The van der Waals surface area contributed by atoms with Gasteiger partial charge < -0.3 is 14.6 Å². The van der Waals surface area contributed by atoms with E-state index in [-0.39, 0.29) is 35.1 Å². The molecule has 192 valence electrons. The topological polar surface area (TPSA) is 72.8 Å². The third-order valence-electron chi connectivity index (χ3n) is 11.4. The second kappa shape index (κ2) is 9.50. The summed E-state index contributed by atoms with van der Waals surface area (Å²) in [5.41, 5.74) is 0.414. The first-order valence-electron chi connectivity index (χ1n) is 14.2. The van der Waals surface area contributed by atoms with Crippen LogP contribution in [0.25, 0.3) is 0 Å². The maximum absolute atomic E-state index is 13.5. The summed E-state index contributed by atoms with van der Waals surface area (Å²) in [6.07, 6.45) is 11.8. The van der Waals surface area contributed by atoms with Crippen molar-refractivity contribution in [3.8, 4) is 0 Å². The number of aliphatic hydroxyl groups excluding tert-OH is 1. The van der Waals surface area contributed by atoms with E-state index in [0.717, 1.165) is 57.8 Å². The minimum Gasteiger partial charge on any atom is -0.436 e. The van der Waals surface area contributed by atoms with Crippen LogP contribution in [-0.2, 0) is 19.1 Å². The standard InChI is InChI=1S/C29H46O5/c1-18(7-10-25(32)34-26-6-4-5-15-33-26)21-8-9-22-27-23(12-14-29(21,22)3)28(2)13-11-20(30)16-19(28)17-24(27)31/h18-23,26-27,30H,4-17H2,1-3H3/t18-,19+,20-,21-,22+,23+,26?,27+,28+,29-/m1/s1. The number of esters is 1. The summed E-state index contributed by atoms with van der Waals surface area (Å²) in [7, 11) is 0. The van der Waals surface area contributed by atoms with Crippen molar-refractivity contribution in [3.63, 3.8) is 0 Å². The number of Topliss-reactive ketones (excluding diaryl/α,β-unsaturated/α-hetero) is 1. The highest BCUT2D eigenvalue weighted by atomic mass is 16.7. The molecule has 0 amide bonds. The number of ether oxygens (including phenoxy) is 2. The van der Waals surface area contributed by atoms with Gasteiger partial charge in [-0.3, -0.25) is 9.59 Å². The summed E-state index contributed by atoms with van der Waals surface area (Å²) in [6, 6.07) is 0. The fraction of sp³-hybridized carbons (Fsp3) is 0.931. The molecular formula is C29H46O5. The van der Waals surface area contributed by atoms with E-state index in [1.807, 2.05) is 0 Å². The molecule has 0 bridgehead atoms. The van der Waals surface area contributed by atoms with Gasteiger partial charge in [0, 0.05) is 25.2 Å². The fourth-order valence-electron chi connectivity index (χ4n) is 9.44. The van der Waals surface area contributed by atoms with Crippen molar-refractivity contribution < 1.29 is 24.2 Å². The van der Waals surface area contributed by atoms with Gasteiger partial charge in [-0.05, 0) is 105 Å². The predicted molar refractivity (Wildman–Crippen MR) is 130 cm³/mol. The highest BCUT2D eigenvalue weighted by molar-refractivity contribution is 5.83. The van der Waals surface area contributed by atoms with Crippen molar-refractivity contribution in [2.75, 3.05) is 6.61 Å². The Kier molecular flexibility index (Phi) is 6.91.